The highest BCUT2D eigenvalue weighted by molar-refractivity contribution is 7.89. The van der Waals surface area contributed by atoms with E-state index in [4.69, 9.17) is 16.0 Å². The smallest absolute Gasteiger partial charge is 0.240 e. The fourth-order valence-corrected chi connectivity index (χ4v) is 4.28. The minimum Gasteiger partial charge on any atom is -0.460 e. The molecule has 0 radical (unpaired) electrons. The first-order valence-corrected chi connectivity index (χ1v) is 11.4. The maximum atomic E-state index is 12.2. The van der Waals surface area contributed by atoms with Gasteiger partial charge in [0.15, 0.2) is 0 Å². The van der Waals surface area contributed by atoms with Crippen LogP contribution in [-0.4, -0.2) is 21.0 Å². The zero-order valence-corrected chi connectivity index (χ0v) is 19.3. The number of hydrogen-bond donors (Lipinski definition) is 2. The number of furan rings is 1. The normalized spacial score (nSPS) is 11.5. The molecule has 0 amide bonds. The Balaban J connectivity index is 0.00000320. The topological polar surface area (TPSA) is 71.3 Å². The van der Waals surface area contributed by atoms with Gasteiger partial charge < -0.3 is 9.73 Å². The summed E-state index contributed by atoms with van der Waals surface area (Å²) in [5, 5.41) is 4.10. The van der Waals surface area contributed by atoms with Gasteiger partial charge in [0.2, 0.25) is 10.0 Å². The van der Waals surface area contributed by atoms with Crippen molar-refractivity contribution in [3.63, 3.8) is 0 Å². The average Bonchev–Trinajstić information content (AvgIpc) is 3.15. The van der Waals surface area contributed by atoms with E-state index in [1.807, 2.05) is 36.4 Å². The Labute approximate surface area is 189 Å². The van der Waals surface area contributed by atoms with Gasteiger partial charge in [0.25, 0.3) is 0 Å². The highest BCUT2D eigenvalue weighted by Crippen LogP contribution is 2.24. The van der Waals surface area contributed by atoms with Crippen molar-refractivity contribution in [3.8, 4) is 11.3 Å². The standard InChI is InChI=1S/C22H25ClN2O3S.ClH/c1-16(2)25-29(26,27)21-10-5-18(6-11-21)22-12-9-20(28-22)15-24-14-13-17-3-7-19(23)8-4-17;/h3-12,16,24-25H,13-15H2,1-2H3;1H. The van der Waals surface area contributed by atoms with Crippen molar-refractivity contribution in [3.05, 3.63) is 77.0 Å². The van der Waals surface area contributed by atoms with Crippen LogP contribution in [0.1, 0.15) is 25.2 Å². The van der Waals surface area contributed by atoms with Gasteiger partial charge in [0, 0.05) is 16.6 Å². The predicted octanol–water partition coefficient (Wildman–Crippen LogP) is 5.04. The summed E-state index contributed by atoms with van der Waals surface area (Å²) < 4.78 is 32.9. The molecule has 1 aromatic heterocycles. The van der Waals surface area contributed by atoms with Gasteiger partial charge in [0.1, 0.15) is 11.5 Å². The Bertz CT molecular complexity index is 1030. The number of rotatable bonds is 9. The molecule has 2 aromatic carbocycles. The van der Waals surface area contributed by atoms with E-state index in [0.29, 0.717) is 12.3 Å². The van der Waals surface area contributed by atoms with Crippen molar-refractivity contribution in [2.45, 2.75) is 37.8 Å². The van der Waals surface area contributed by atoms with E-state index in [9.17, 15) is 8.42 Å². The average molecular weight is 469 g/mol. The molecule has 30 heavy (non-hydrogen) atoms. The van der Waals surface area contributed by atoms with Gasteiger partial charge in [-0.2, -0.15) is 0 Å². The molecule has 0 fully saturated rings. The van der Waals surface area contributed by atoms with Gasteiger partial charge in [-0.25, -0.2) is 13.1 Å². The lowest BCUT2D eigenvalue weighted by atomic mass is 10.1. The number of nitrogens with one attached hydrogen (secondary N) is 2. The van der Waals surface area contributed by atoms with Crippen molar-refractivity contribution in [1.82, 2.24) is 10.0 Å². The molecule has 0 atom stereocenters. The molecular weight excluding hydrogens is 443 g/mol. The van der Waals surface area contributed by atoms with Gasteiger partial charge in [-0.05, 0) is 80.9 Å². The highest BCUT2D eigenvalue weighted by atomic mass is 35.5. The summed E-state index contributed by atoms with van der Waals surface area (Å²) >= 11 is 5.90. The maximum Gasteiger partial charge on any atom is 0.240 e. The Hall–Kier alpha value is -1.83. The SMILES string of the molecule is CC(C)NS(=O)(=O)c1ccc(-c2ccc(CNCCc3ccc(Cl)cc3)o2)cc1.Cl. The van der Waals surface area contributed by atoms with E-state index in [1.54, 1.807) is 38.1 Å². The van der Waals surface area contributed by atoms with Crippen molar-refractivity contribution in [2.24, 2.45) is 0 Å². The molecule has 0 saturated carbocycles. The quantitative estimate of drug-likeness (QED) is 0.431. The summed E-state index contributed by atoms with van der Waals surface area (Å²) in [6.07, 6.45) is 0.908. The number of halogens is 2. The van der Waals surface area contributed by atoms with Crippen LogP contribution < -0.4 is 10.0 Å². The Kier molecular flexibility index (Phi) is 8.94. The summed E-state index contributed by atoms with van der Waals surface area (Å²) in [5.41, 5.74) is 2.06. The molecule has 0 spiro atoms. The summed E-state index contributed by atoms with van der Waals surface area (Å²) in [6.45, 7) is 5.03. The van der Waals surface area contributed by atoms with Crippen LogP contribution in [-0.2, 0) is 23.0 Å². The molecular formula is C22H26Cl2N2O3S. The van der Waals surface area contributed by atoms with Crippen LogP contribution in [0.2, 0.25) is 5.02 Å². The second-order valence-electron chi connectivity index (χ2n) is 7.12. The van der Waals surface area contributed by atoms with Gasteiger partial charge in [-0.1, -0.05) is 23.7 Å². The Morgan fingerprint density at radius 1 is 0.967 bits per heavy atom. The molecule has 5 nitrogen and oxygen atoms in total. The van der Waals surface area contributed by atoms with Crippen LogP contribution in [0.15, 0.2) is 70.0 Å². The van der Waals surface area contributed by atoms with Crippen molar-refractivity contribution in [2.75, 3.05) is 6.54 Å². The molecule has 0 aliphatic heterocycles. The first-order chi connectivity index (χ1) is 13.8. The molecule has 0 bridgehead atoms. The fourth-order valence-electron chi connectivity index (χ4n) is 2.90. The highest BCUT2D eigenvalue weighted by Gasteiger charge is 2.15. The monoisotopic (exact) mass is 468 g/mol. The minimum atomic E-state index is -3.49. The zero-order chi connectivity index (χ0) is 20.9. The van der Waals surface area contributed by atoms with Crippen molar-refractivity contribution in [1.29, 1.82) is 0 Å². The van der Waals surface area contributed by atoms with Gasteiger partial charge in [-0.15, -0.1) is 12.4 Å². The zero-order valence-electron chi connectivity index (χ0n) is 16.9. The van der Waals surface area contributed by atoms with E-state index in [2.05, 4.69) is 10.0 Å². The molecule has 3 aromatic rings. The lowest BCUT2D eigenvalue weighted by Crippen LogP contribution is -2.30. The summed E-state index contributed by atoms with van der Waals surface area (Å²) in [6, 6.07) is 18.2. The summed E-state index contributed by atoms with van der Waals surface area (Å²) in [4.78, 5) is 0.241. The molecule has 0 saturated heterocycles. The van der Waals surface area contributed by atoms with Crippen LogP contribution in [0.25, 0.3) is 11.3 Å². The molecule has 1 heterocycles. The second kappa shape index (κ2) is 11.0. The lowest BCUT2D eigenvalue weighted by Gasteiger charge is -2.09. The maximum absolute atomic E-state index is 12.2. The number of hydrogen-bond acceptors (Lipinski definition) is 4. The third-order valence-corrected chi connectivity index (χ3v) is 6.23. The number of benzene rings is 2. The van der Waals surface area contributed by atoms with Crippen LogP contribution >= 0.6 is 24.0 Å². The van der Waals surface area contributed by atoms with E-state index in [1.165, 1.54) is 5.56 Å². The molecule has 2 N–H and O–H groups in total. The van der Waals surface area contributed by atoms with Gasteiger partial charge in [0.05, 0.1) is 11.4 Å². The fraction of sp³-hybridized carbons (Fsp3) is 0.273. The molecule has 162 valence electrons. The van der Waals surface area contributed by atoms with Crippen molar-refractivity contribution < 1.29 is 12.8 Å². The van der Waals surface area contributed by atoms with E-state index in [-0.39, 0.29) is 23.3 Å². The molecule has 8 heteroatoms. The Morgan fingerprint density at radius 3 is 2.27 bits per heavy atom. The van der Waals surface area contributed by atoms with Gasteiger partial charge in [-0.3, -0.25) is 0 Å². The van der Waals surface area contributed by atoms with E-state index >= 15 is 0 Å². The lowest BCUT2D eigenvalue weighted by molar-refractivity contribution is 0.494. The molecule has 0 unspecified atom stereocenters. The first-order valence-electron chi connectivity index (χ1n) is 9.50. The van der Waals surface area contributed by atoms with E-state index in [0.717, 1.165) is 29.3 Å². The van der Waals surface area contributed by atoms with Gasteiger partial charge >= 0.3 is 0 Å². The van der Waals surface area contributed by atoms with E-state index < -0.39 is 10.0 Å². The van der Waals surface area contributed by atoms with Crippen LogP contribution in [0.3, 0.4) is 0 Å². The van der Waals surface area contributed by atoms with Crippen LogP contribution in [0.5, 0.6) is 0 Å². The number of sulfonamides is 1. The summed E-state index contributed by atoms with van der Waals surface area (Å²) in [7, 11) is -3.49. The first kappa shape index (κ1) is 24.4. The third kappa shape index (κ3) is 6.86. The predicted molar refractivity (Wildman–Crippen MR) is 124 cm³/mol. The minimum absolute atomic E-state index is 0. The van der Waals surface area contributed by atoms with Crippen LogP contribution in [0, 0.1) is 0 Å². The van der Waals surface area contributed by atoms with Crippen LogP contribution in [0.4, 0.5) is 0 Å². The Morgan fingerprint density at radius 2 is 1.63 bits per heavy atom. The largest absolute Gasteiger partial charge is 0.460 e. The molecule has 0 aliphatic rings. The molecule has 0 aliphatic carbocycles. The molecule has 3 rings (SSSR count). The second-order valence-corrected chi connectivity index (χ2v) is 9.27. The third-order valence-electron chi connectivity index (χ3n) is 4.30. The van der Waals surface area contributed by atoms with Crippen molar-refractivity contribution >= 4 is 34.0 Å². The summed E-state index contributed by atoms with van der Waals surface area (Å²) in [5.74, 6) is 1.54.